The van der Waals surface area contributed by atoms with E-state index in [1.54, 1.807) is 0 Å². The summed E-state index contributed by atoms with van der Waals surface area (Å²) in [5.74, 6) is 0.391. The molecule has 0 unspecified atom stereocenters. The average molecular weight is 228 g/mol. The van der Waals surface area contributed by atoms with E-state index in [0.29, 0.717) is 11.9 Å². The molecule has 0 spiro atoms. The van der Waals surface area contributed by atoms with E-state index in [1.165, 1.54) is 0 Å². The number of thiocarbonyl (C=S) groups is 1. The van der Waals surface area contributed by atoms with Gasteiger partial charge >= 0.3 is 0 Å². The number of anilines is 1. The number of nitrogens with zero attached hydrogens (tertiary/aromatic N) is 1. The van der Waals surface area contributed by atoms with Gasteiger partial charge in [-0.2, -0.15) is 0 Å². The van der Waals surface area contributed by atoms with Crippen LogP contribution in [0.25, 0.3) is 0 Å². The maximum absolute atomic E-state index is 5.76. The molecule has 0 radical (unpaired) electrons. The van der Waals surface area contributed by atoms with Gasteiger partial charge in [-0.05, 0) is 26.0 Å². The first-order chi connectivity index (χ1) is 6.66. The summed E-state index contributed by atoms with van der Waals surface area (Å²) in [7, 11) is 0. The minimum Gasteiger partial charge on any atom is -0.333 e. The van der Waals surface area contributed by atoms with Crippen molar-refractivity contribution in [2.75, 3.05) is 10.8 Å². The summed E-state index contributed by atoms with van der Waals surface area (Å²) in [5, 5.41) is 0. The lowest BCUT2D eigenvalue weighted by molar-refractivity contribution is 0.811. The number of rotatable bonds is 3. The van der Waals surface area contributed by atoms with E-state index in [9.17, 15) is 0 Å². The summed E-state index contributed by atoms with van der Waals surface area (Å²) < 4.78 is 0. The Bertz CT molecular complexity index is 297. The molecule has 0 aliphatic carbocycles. The second kappa shape index (κ2) is 5.32. The first-order valence-electron chi connectivity index (χ1n) is 4.60. The molecule has 0 fully saturated rings. The van der Waals surface area contributed by atoms with Gasteiger partial charge in [-0.25, -0.2) is 0 Å². The molecule has 1 nitrogen and oxygen atoms in total. The smallest absolute Gasteiger partial charge is 0.0976 e. The Morgan fingerprint density at radius 1 is 1.36 bits per heavy atom. The summed E-state index contributed by atoms with van der Waals surface area (Å²) in [6.07, 6.45) is 0. The van der Waals surface area contributed by atoms with Gasteiger partial charge in [-0.3, -0.25) is 0 Å². The summed E-state index contributed by atoms with van der Waals surface area (Å²) in [6.45, 7) is 4.21. The highest BCUT2D eigenvalue weighted by Gasteiger charge is 2.13. The lowest BCUT2D eigenvalue weighted by atomic mass is 10.2. The molecule has 76 valence electrons. The van der Waals surface area contributed by atoms with Crippen LogP contribution in [0.15, 0.2) is 30.3 Å². The van der Waals surface area contributed by atoms with Crippen LogP contribution in [0.5, 0.6) is 0 Å². The lowest BCUT2D eigenvalue weighted by Crippen LogP contribution is -2.36. The third-order valence-electron chi connectivity index (χ3n) is 1.93. The van der Waals surface area contributed by atoms with Crippen molar-refractivity contribution in [3.8, 4) is 0 Å². The second-order valence-corrected chi connectivity index (χ2v) is 4.07. The van der Waals surface area contributed by atoms with Gasteiger partial charge in [0.15, 0.2) is 0 Å². The van der Waals surface area contributed by atoms with Crippen molar-refractivity contribution >= 4 is 34.5 Å². The standard InChI is InChI=1S/C11H14ClNS/c1-9(2)13(11(14)8-12)10-6-4-3-5-7-10/h3-7,9H,8H2,1-2H3. The third kappa shape index (κ3) is 2.69. The summed E-state index contributed by atoms with van der Waals surface area (Å²) >= 11 is 11.0. The van der Waals surface area contributed by atoms with Crippen molar-refractivity contribution in [1.82, 2.24) is 0 Å². The quantitative estimate of drug-likeness (QED) is 0.575. The Kier molecular flexibility index (Phi) is 4.36. The molecule has 0 saturated carbocycles. The molecule has 0 heterocycles. The van der Waals surface area contributed by atoms with Gasteiger partial charge in [0.05, 0.1) is 10.9 Å². The number of halogens is 1. The van der Waals surface area contributed by atoms with Crippen LogP contribution in [0.2, 0.25) is 0 Å². The Balaban J connectivity index is 2.95. The molecular weight excluding hydrogens is 214 g/mol. The highest BCUT2D eigenvalue weighted by Crippen LogP contribution is 2.17. The molecule has 0 aliphatic heterocycles. The van der Waals surface area contributed by atoms with E-state index in [0.717, 1.165) is 10.7 Å². The number of benzene rings is 1. The topological polar surface area (TPSA) is 3.24 Å². The van der Waals surface area contributed by atoms with Gasteiger partial charge in [-0.1, -0.05) is 30.4 Å². The molecule has 3 heteroatoms. The third-order valence-corrected chi connectivity index (χ3v) is 2.69. The van der Waals surface area contributed by atoms with E-state index in [4.69, 9.17) is 23.8 Å². The van der Waals surface area contributed by atoms with Crippen molar-refractivity contribution in [2.24, 2.45) is 0 Å². The van der Waals surface area contributed by atoms with Crippen LogP contribution in [-0.2, 0) is 0 Å². The Morgan fingerprint density at radius 2 is 1.93 bits per heavy atom. The Morgan fingerprint density at radius 3 is 2.36 bits per heavy atom. The molecule has 0 bridgehead atoms. The molecule has 0 aliphatic rings. The number of alkyl halides is 1. The lowest BCUT2D eigenvalue weighted by Gasteiger charge is -2.28. The fourth-order valence-electron chi connectivity index (χ4n) is 1.38. The zero-order valence-electron chi connectivity index (χ0n) is 8.40. The van der Waals surface area contributed by atoms with E-state index in [-0.39, 0.29) is 0 Å². The minimum absolute atomic E-state index is 0.337. The van der Waals surface area contributed by atoms with E-state index < -0.39 is 0 Å². The first kappa shape index (κ1) is 11.5. The van der Waals surface area contributed by atoms with Crippen LogP contribution in [0.4, 0.5) is 5.69 Å². The van der Waals surface area contributed by atoms with Gasteiger partial charge in [0.1, 0.15) is 0 Å². The largest absolute Gasteiger partial charge is 0.333 e. The van der Waals surface area contributed by atoms with Crippen molar-refractivity contribution in [1.29, 1.82) is 0 Å². The molecule has 0 atom stereocenters. The van der Waals surface area contributed by atoms with E-state index in [2.05, 4.69) is 18.7 Å². The molecule has 0 amide bonds. The predicted octanol–water partition coefficient (Wildman–Crippen LogP) is 3.47. The fourth-order valence-corrected chi connectivity index (χ4v) is 1.83. The Hall–Kier alpha value is -0.600. The average Bonchev–Trinajstić information content (AvgIpc) is 2.19. The monoisotopic (exact) mass is 227 g/mol. The van der Waals surface area contributed by atoms with Gasteiger partial charge < -0.3 is 4.90 Å². The highest BCUT2D eigenvalue weighted by molar-refractivity contribution is 7.80. The van der Waals surface area contributed by atoms with Gasteiger partial charge in [-0.15, -0.1) is 11.6 Å². The van der Waals surface area contributed by atoms with Gasteiger partial charge in [0.25, 0.3) is 0 Å². The number of hydrogen-bond acceptors (Lipinski definition) is 1. The molecule has 1 aromatic rings. The van der Waals surface area contributed by atoms with Crippen molar-refractivity contribution in [3.05, 3.63) is 30.3 Å². The van der Waals surface area contributed by atoms with Crippen LogP contribution in [0.3, 0.4) is 0 Å². The van der Waals surface area contributed by atoms with E-state index >= 15 is 0 Å². The summed E-state index contributed by atoms with van der Waals surface area (Å²) in [4.78, 5) is 2.84. The Labute approximate surface area is 95.7 Å². The first-order valence-corrected chi connectivity index (χ1v) is 5.54. The van der Waals surface area contributed by atoms with E-state index in [1.807, 2.05) is 30.3 Å². The SMILES string of the molecule is CC(C)N(C(=S)CCl)c1ccccc1. The molecular formula is C11H14ClNS. The van der Waals surface area contributed by atoms with Crippen LogP contribution >= 0.6 is 23.8 Å². The fraction of sp³-hybridized carbons (Fsp3) is 0.364. The molecule has 0 N–H and O–H groups in total. The van der Waals surface area contributed by atoms with Crippen LogP contribution in [0, 0.1) is 0 Å². The van der Waals surface area contributed by atoms with Gasteiger partial charge in [0.2, 0.25) is 0 Å². The number of para-hydroxylation sites is 1. The predicted molar refractivity (Wildman–Crippen MR) is 67.4 cm³/mol. The molecule has 0 saturated heterocycles. The molecule has 0 aromatic heterocycles. The molecule has 1 aromatic carbocycles. The number of hydrogen-bond donors (Lipinski definition) is 0. The minimum atomic E-state index is 0.337. The summed E-state index contributed by atoms with van der Waals surface area (Å²) in [5.41, 5.74) is 1.10. The van der Waals surface area contributed by atoms with Gasteiger partial charge in [0, 0.05) is 11.7 Å². The van der Waals surface area contributed by atoms with Crippen LogP contribution < -0.4 is 4.90 Å². The maximum atomic E-state index is 5.76. The molecule has 14 heavy (non-hydrogen) atoms. The van der Waals surface area contributed by atoms with Crippen molar-refractivity contribution < 1.29 is 0 Å². The van der Waals surface area contributed by atoms with Crippen molar-refractivity contribution in [2.45, 2.75) is 19.9 Å². The summed E-state index contributed by atoms with van der Waals surface area (Å²) in [6, 6.07) is 10.4. The zero-order valence-corrected chi connectivity index (χ0v) is 9.98. The second-order valence-electron chi connectivity index (χ2n) is 3.33. The highest BCUT2D eigenvalue weighted by atomic mass is 35.5. The van der Waals surface area contributed by atoms with Crippen LogP contribution in [-0.4, -0.2) is 16.9 Å². The van der Waals surface area contributed by atoms with Crippen LogP contribution in [0.1, 0.15) is 13.8 Å². The molecule has 1 rings (SSSR count). The normalized spacial score (nSPS) is 10.3. The zero-order chi connectivity index (χ0) is 10.6. The maximum Gasteiger partial charge on any atom is 0.0976 e. The van der Waals surface area contributed by atoms with Crippen molar-refractivity contribution in [3.63, 3.8) is 0 Å².